The molecular weight excluding hydrogens is 412 g/mol. The summed E-state index contributed by atoms with van der Waals surface area (Å²) in [4.78, 5) is 11.6. The molecule has 0 aromatic carbocycles. The smallest absolute Gasteiger partial charge is 1.00 e. The van der Waals surface area contributed by atoms with E-state index in [2.05, 4.69) is 29.7 Å². The van der Waals surface area contributed by atoms with Crippen LogP contribution in [0.3, 0.4) is 0 Å². The van der Waals surface area contributed by atoms with Gasteiger partial charge in [0.2, 0.25) is 0 Å². The van der Waals surface area contributed by atoms with Crippen LogP contribution in [-0.2, 0) is 26.2 Å². The molecule has 0 aromatic rings. The third kappa shape index (κ3) is 13.4. The summed E-state index contributed by atoms with van der Waals surface area (Å²) >= 11 is 0.0833. The first-order valence-electron chi connectivity index (χ1n) is 2.71. The first kappa shape index (κ1) is 19.9. The van der Waals surface area contributed by atoms with E-state index in [1.165, 1.54) is 0 Å². The molecule has 0 aliphatic carbocycles. The van der Waals surface area contributed by atoms with E-state index < -0.39 is 0 Å². The summed E-state index contributed by atoms with van der Waals surface area (Å²) in [5.74, 6) is 0. The van der Waals surface area contributed by atoms with Crippen molar-refractivity contribution in [2.24, 2.45) is 9.98 Å². The van der Waals surface area contributed by atoms with Crippen LogP contribution in [0.1, 0.15) is 0 Å². The number of hydrogen-bond acceptors (Lipinski definition) is 2. The van der Waals surface area contributed by atoms with Gasteiger partial charge in [-0.2, -0.15) is 0 Å². The minimum Gasteiger partial charge on any atom is -1.00 e. The van der Waals surface area contributed by atoms with E-state index in [0.29, 0.717) is 0 Å². The van der Waals surface area contributed by atoms with Gasteiger partial charge in [-0.3, -0.25) is 0 Å². The van der Waals surface area contributed by atoms with E-state index in [9.17, 15) is 0 Å². The van der Waals surface area contributed by atoms with Crippen molar-refractivity contribution in [3.63, 3.8) is 0 Å². The molecule has 0 radical (unpaired) electrons. The number of rotatable bonds is 0. The molecule has 2 aliphatic heterocycles. The van der Waals surface area contributed by atoms with Crippen LogP contribution in [-0.4, -0.2) is 41.5 Å². The molecule has 7 heteroatoms. The Morgan fingerprint density at radius 3 is 1.31 bits per heavy atom. The second kappa shape index (κ2) is 15.9. The maximum Gasteiger partial charge on any atom is 4.00 e. The molecule has 0 spiro atoms. The van der Waals surface area contributed by atoms with E-state index in [1.807, 2.05) is 0 Å². The molecule has 0 amide bonds. The predicted octanol–water partition coefficient (Wildman–Crippen LogP) is -6.37. The quantitative estimate of drug-likeness (QED) is 0.277. The summed E-state index contributed by atoms with van der Waals surface area (Å²) in [5, 5.41) is 5.72. The fourth-order valence-corrected chi connectivity index (χ4v) is 1.94. The van der Waals surface area contributed by atoms with Crippen molar-refractivity contribution in [1.82, 2.24) is 0 Å². The molecule has 0 saturated heterocycles. The topological polar surface area (TPSA) is 24.7 Å². The van der Waals surface area contributed by atoms with Crippen LogP contribution in [0.2, 0.25) is 0 Å². The van der Waals surface area contributed by atoms with E-state index >= 15 is 0 Å². The van der Waals surface area contributed by atoms with Gasteiger partial charge in [0.25, 0.3) is 0 Å². The largest absolute Gasteiger partial charge is 4.00 e. The summed E-state index contributed by atoms with van der Waals surface area (Å²) in [6.45, 7) is 0. The molecule has 0 bridgehead atoms. The second-order valence-electron chi connectivity index (χ2n) is 1.40. The number of aliphatic imine (C=N–C) groups is 2. The molecule has 0 fully saturated rings. The van der Waals surface area contributed by atoms with Gasteiger partial charge in [-0.1, -0.05) is 0 Å². The third-order valence-corrected chi connectivity index (χ3v) is 3.13. The average Bonchev–Trinajstić information content (AvgIpc) is 2.67. The number of nitrogens with zero attached hydrogens (tertiary/aromatic N) is 2. The SMILES string of the molecule is [C-]1=NC=C[AsH]1.[C-]1=NC=C[AsH]1.[Cl-].[Cl-].[Zr+4]. The van der Waals surface area contributed by atoms with Crippen LogP contribution in [0.5, 0.6) is 0 Å². The zero-order valence-electron chi connectivity index (χ0n) is 6.46. The summed E-state index contributed by atoms with van der Waals surface area (Å²) in [6, 6.07) is 0. The fourth-order valence-electron chi connectivity index (χ4n) is 0.373. The Bertz CT molecular complexity index is 165. The van der Waals surface area contributed by atoms with Crippen molar-refractivity contribution in [3.05, 3.63) is 22.1 Å². The normalized spacial score (nSPS) is 17.2. The van der Waals surface area contributed by atoms with Gasteiger partial charge in [0.05, 0.1) is 0 Å². The van der Waals surface area contributed by atoms with Crippen LogP contribution in [0.4, 0.5) is 0 Å². The molecule has 0 aromatic heterocycles. The van der Waals surface area contributed by atoms with Crippen molar-refractivity contribution >= 4 is 41.5 Å². The van der Waals surface area contributed by atoms with Crippen molar-refractivity contribution < 1.29 is 51.0 Å². The van der Waals surface area contributed by atoms with Crippen molar-refractivity contribution in [3.8, 4) is 0 Å². The molecule has 68 valence electrons. The van der Waals surface area contributed by atoms with Gasteiger partial charge < -0.3 is 24.8 Å². The van der Waals surface area contributed by atoms with Gasteiger partial charge in [-0.05, 0) is 0 Å². The number of halogens is 2. The van der Waals surface area contributed by atoms with Crippen molar-refractivity contribution in [2.75, 3.05) is 0 Å². The van der Waals surface area contributed by atoms with E-state index in [0.717, 1.165) is 0 Å². The second-order valence-corrected chi connectivity index (χ2v) is 4.95. The van der Waals surface area contributed by atoms with Crippen LogP contribution in [0.15, 0.2) is 32.1 Å². The average molecular weight is 418 g/mol. The Kier molecular flexibility index (Phi) is 24.3. The molecule has 2 atom stereocenters. The molecule has 2 heterocycles. The standard InChI is InChI=1S/2C3H3AsN.2ClH.Zr/c2*1-2-5-3-4-1;;;/h2*1-2,4H;2*1H;/q2*-1;;;+4/p-2. The van der Waals surface area contributed by atoms with E-state index in [1.54, 1.807) is 12.4 Å². The maximum absolute atomic E-state index is 3.71. The first-order chi connectivity index (χ1) is 5.00. The van der Waals surface area contributed by atoms with E-state index in [-0.39, 0.29) is 82.5 Å². The minimum absolute atomic E-state index is 0. The van der Waals surface area contributed by atoms with Crippen LogP contribution in [0.25, 0.3) is 0 Å². The van der Waals surface area contributed by atoms with Gasteiger partial charge in [0, 0.05) is 0 Å². The van der Waals surface area contributed by atoms with Crippen molar-refractivity contribution in [2.45, 2.75) is 0 Å². The minimum atomic E-state index is 0. The fraction of sp³-hybridized carbons (Fsp3) is 0. The zero-order valence-corrected chi connectivity index (χ0v) is 14.6. The van der Waals surface area contributed by atoms with Gasteiger partial charge in [-0.25, -0.2) is 0 Å². The molecule has 13 heavy (non-hydrogen) atoms. The predicted molar refractivity (Wildman–Crippen MR) is 47.4 cm³/mol. The van der Waals surface area contributed by atoms with Gasteiger partial charge in [0.15, 0.2) is 0 Å². The Morgan fingerprint density at radius 2 is 1.23 bits per heavy atom. The summed E-state index contributed by atoms with van der Waals surface area (Å²) in [6.07, 6.45) is 3.61. The molecule has 0 saturated carbocycles. The molecule has 2 rings (SSSR count). The maximum atomic E-state index is 3.71. The Balaban J connectivity index is -0.000000125. The van der Waals surface area contributed by atoms with Gasteiger partial charge in [0.1, 0.15) is 0 Å². The van der Waals surface area contributed by atoms with Crippen molar-refractivity contribution in [1.29, 1.82) is 0 Å². The van der Waals surface area contributed by atoms with Gasteiger partial charge in [-0.15, -0.1) is 0 Å². The van der Waals surface area contributed by atoms with Crippen LogP contribution in [0, 0.1) is 0 Å². The Labute approximate surface area is 123 Å². The summed E-state index contributed by atoms with van der Waals surface area (Å²) in [5.41, 5.74) is 0. The molecule has 2 nitrogen and oxygen atoms in total. The van der Waals surface area contributed by atoms with Crippen LogP contribution < -0.4 is 24.8 Å². The van der Waals surface area contributed by atoms with Gasteiger partial charge >= 0.3 is 99.8 Å². The molecule has 2 aliphatic rings. The molecule has 0 N–H and O–H groups in total. The first-order valence-corrected chi connectivity index (χ1v) is 7.23. The third-order valence-electron chi connectivity index (χ3n) is 0.723. The number of hydrogen-bond donors (Lipinski definition) is 0. The van der Waals surface area contributed by atoms with E-state index in [4.69, 9.17) is 0 Å². The monoisotopic (exact) mass is 416 g/mol. The molecular formula is C6H6As2Cl2N2Zr. The zero-order chi connectivity index (χ0) is 7.07. The Morgan fingerprint density at radius 1 is 0.846 bits per heavy atom. The summed E-state index contributed by atoms with van der Waals surface area (Å²) in [7, 11) is 0. The van der Waals surface area contributed by atoms with Crippen LogP contribution >= 0.6 is 0 Å². The molecule has 2 unspecified atom stereocenters. The summed E-state index contributed by atoms with van der Waals surface area (Å²) < 4.78 is 0. The Hall–Kier alpha value is 1.40.